The first-order valence-corrected chi connectivity index (χ1v) is 9.53. The molecule has 0 aromatic heterocycles. The Balaban J connectivity index is 1.96. The summed E-state index contributed by atoms with van der Waals surface area (Å²) < 4.78 is 35.0. The van der Waals surface area contributed by atoms with E-state index in [0.717, 1.165) is 0 Å². The summed E-state index contributed by atoms with van der Waals surface area (Å²) in [5.41, 5.74) is 1.05. The average molecular weight is 438 g/mol. The first-order valence-electron chi connectivity index (χ1n) is 9.53. The Kier molecular flexibility index (Phi) is 7.53. The molecule has 0 bridgehead atoms. The number of benzene rings is 3. The van der Waals surface area contributed by atoms with Gasteiger partial charge in [0.2, 0.25) is 0 Å². The number of alkyl halides is 2. The van der Waals surface area contributed by atoms with Crippen LogP contribution in [0.25, 0.3) is 6.08 Å². The minimum Gasteiger partial charge on any atom is -0.493 e. The Labute approximate surface area is 183 Å². The summed E-state index contributed by atoms with van der Waals surface area (Å²) in [6.07, 6.45) is 1.29. The van der Waals surface area contributed by atoms with Crippen molar-refractivity contribution in [2.75, 3.05) is 17.7 Å². The summed E-state index contributed by atoms with van der Waals surface area (Å²) in [5.74, 6) is -1.47. The van der Waals surface area contributed by atoms with E-state index in [0.29, 0.717) is 16.9 Å². The number of ether oxygens (including phenoxy) is 2. The third-order valence-corrected chi connectivity index (χ3v) is 4.27. The number of hydrogen-bond acceptors (Lipinski definition) is 4. The maximum absolute atomic E-state index is 12.9. The van der Waals surface area contributed by atoms with Gasteiger partial charge in [0, 0.05) is 11.4 Å². The summed E-state index contributed by atoms with van der Waals surface area (Å²) >= 11 is 0. The molecule has 0 fully saturated rings. The molecule has 6 nitrogen and oxygen atoms in total. The lowest BCUT2D eigenvalue weighted by atomic mass is 10.1. The fraction of sp³-hybridized carbons (Fsp3) is 0.0833. The Morgan fingerprint density at radius 3 is 1.81 bits per heavy atom. The van der Waals surface area contributed by atoms with Crippen LogP contribution in [-0.4, -0.2) is 25.5 Å². The average Bonchev–Trinajstić information content (AvgIpc) is 2.78. The second-order valence-corrected chi connectivity index (χ2v) is 6.49. The molecule has 0 spiro atoms. The lowest BCUT2D eigenvalue weighted by Gasteiger charge is -2.12. The monoisotopic (exact) mass is 438 g/mol. The molecule has 0 aliphatic heterocycles. The molecule has 2 amide bonds. The van der Waals surface area contributed by atoms with E-state index in [-0.39, 0.29) is 17.1 Å². The first kappa shape index (κ1) is 22.5. The van der Waals surface area contributed by atoms with E-state index in [1.165, 1.54) is 31.4 Å². The van der Waals surface area contributed by atoms with Crippen LogP contribution in [0, 0.1) is 0 Å². The number of methoxy groups -OCH3 is 1. The van der Waals surface area contributed by atoms with Crippen LogP contribution in [0.4, 0.5) is 20.2 Å². The van der Waals surface area contributed by atoms with Gasteiger partial charge in [0.15, 0.2) is 11.5 Å². The van der Waals surface area contributed by atoms with Crippen LogP contribution in [0.3, 0.4) is 0 Å². The molecular weight excluding hydrogens is 418 g/mol. The Morgan fingerprint density at radius 2 is 1.34 bits per heavy atom. The third kappa shape index (κ3) is 6.15. The minimum atomic E-state index is -3.06. The zero-order valence-corrected chi connectivity index (χ0v) is 17.0. The molecule has 0 atom stereocenters. The van der Waals surface area contributed by atoms with Crippen LogP contribution >= 0.6 is 0 Å². The topological polar surface area (TPSA) is 76.7 Å². The number of nitrogens with one attached hydrogen (secondary N) is 2. The fourth-order valence-electron chi connectivity index (χ4n) is 2.81. The SMILES string of the molecule is COc1ccc(C=C(C(=O)Nc2ccccc2)C(=O)Nc2ccccc2)cc1OC(F)F. The van der Waals surface area contributed by atoms with Crippen LogP contribution in [0.2, 0.25) is 0 Å². The molecule has 3 aromatic carbocycles. The molecular formula is C24H20F2N2O4. The summed E-state index contributed by atoms with van der Waals surface area (Å²) in [7, 11) is 1.31. The van der Waals surface area contributed by atoms with Crippen molar-refractivity contribution in [2.24, 2.45) is 0 Å². The van der Waals surface area contributed by atoms with Crippen molar-refractivity contribution in [1.82, 2.24) is 0 Å². The molecule has 0 aliphatic rings. The van der Waals surface area contributed by atoms with Crippen molar-refractivity contribution in [1.29, 1.82) is 0 Å². The lowest BCUT2D eigenvalue weighted by molar-refractivity contribution is -0.118. The van der Waals surface area contributed by atoms with Gasteiger partial charge in [0.25, 0.3) is 11.8 Å². The van der Waals surface area contributed by atoms with Gasteiger partial charge in [0.1, 0.15) is 5.57 Å². The van der Waals surface area contributed by atoms with Gasteiger partial charge in [-0.25, -0.2) is 0 Å². The van der Waals surface area contributed by atoms with Crippen LogP contribution in [0.5, 0.6) is 11.5 Å². The van der Waals surface area contributed by atoms with Crippen LogP contribution < -0.4 is 20.1 Å². The standard InChI is InChI=1S/C24H20F2N2O4/c1-31-20-13-12-16(15-21(20)32-24(25)26)14-19(22(29)27-17-8-4-2-5-9-17)23(30)28-18-10-6-3-7-11-18/h2-15,24H,1H3,(H,27,29)(H,28,30). The molecule has 32 heavy (non-hydrogen) atoms. The largest absolute Gasteiger partial charge is 0.493 e. The second-order valence-electron chi connectivity index (χ2n) is 6.49. The Bertz CT molecular complexity index is 1050. The molecule has 0 saturated carbocycles. The van der Waals surface area contributed by atoms with E-state index in [1.54, 1.807) is 60.7 Å². The van der Waals surface area contributed by atoms with Gasteiger partial charge in [-0.2, -0.15) is 8.78 Å². The molecule has 0 unspecified atom stereocenters. The molecule has 0 aliphatic carbocycles. The molecule has 3 rings (SSSR count). The third-order valence-electron chi connectivity index (χ3n) is 4.27. The quantitative estimate of drug-likeness (QED) is 0.296. The number of carbonyl (C=O) groups is 2. The first-order chi connectivity index (χ1) is 15.5. The van der Waals surface area contributed by atoms with Crippen molar-refractivity contribution in [2.45, 2.75) is 6.61 Å². The number of anilines is 2. The number of halogens is 2. The van der Waals surface area contributed by atoms with Gasteiger partial charge >= 0.3 is 6.61 Å². The van der Waals surface area contributed by atoms with Crippen molar-refractivity contribution in [3.05, 3.63) is 90.0 Å². The number of carbonyl (C=O) groups excluding carboxylic acids is 2. The lowest BCUT2D eigenvalue weighted by Crippen LogP contribution is -2.25. The summed E-state index contributed by atoms with van der Waals surface area (Å²) in [6, 6.07) is 21.4. The van der Waals surface area contributed by atoms with Gasteiger partial charge in [-0.3, -0.25) is 9.59 Å². The van der Waals surface area contributed by atoms with Gasteiger partial charge in [0.05, 0.1) is 7.11 Å². The van der Waals surface area contributed by atoms with E-state index in [9.17, 15) is 18.4 Å². The van der Waals surface area contributed by atoms with E-state index < -0.39 is 18.4 Å². The summed E-state index contributed by atoms with van der Waals surface area (Å²) in [4.78, 5) is 25.8. The Hall–Kier alpha value is -4.20. The van der Waals surface area contributed by atoms with Gasteiger partial charge in [-0.05, 0) is 48.0 Å². The predicted octanol–water partition coefficient (Wildman–Crippen LogP) is 4.96. The van der Waals surface area contributed by atoms with E-state index in [4.69, 9.17) is 4.74 Å². The number of amides is 2. The molecule has 2 N–H and O–H groups in total. The number of rotatable bonds is 8. The number of para-hydroxylation sites is 2. The molecule has 164 valence electrons. The van der Waals surface area contributed by atoms with E-state index in [2.05, 4.69) is 15.4 Å². The smallest absolute Gasteiger partial charge is 0.387 e. The highest BCUT2D eigenvalue weighted by Gasteiger charge is 2.20. The van der Waals surface area contributed by atoms with Gasteiger partial charge < -0.3 is 20.1 Å². The highest BCUT2D eigenvalue weighted by molar-refractivity contribution is 6.28. The zero-order valence-electron chi connectivity index (χ0n) is 17.0. The van der Waals surface area contributed by atoms with Crippen molar-refractivity contribution in [3.8, 4) is 11.5 Å². The second kappa shape index (κ2) is 10.7. The Morgan fingerprint density at radius 1 is 0.812 bits per heavy atom. The predicted molar refractivity (Wildman–Crippen MR) is 118 cm³/mol. The van der Waals surface area contributed by atoms with Crippen molar-refractivity contribution >= 4 is 29.3 Å². The van der Waals surface area contributed by atoms with Gasteiger partial charge in [-0.1, -0.05) is 42.5 Å². The van der Waals surface area contributed by atoms with Crippen LogP contribution in [0.15, 0.2) is 84.4 Å². The van der Waals surface area contributed by atoms with Gasteiger partial charge in [-0.15, -0.1) is 0 Å². The number of hydrogen-bond donors (Lipinski definition) is 2. The van der Waals surface area contributed by atoms with Crippen LogP contribution in [0.1, 0.15) is 5.56 Å². The zero-order chi connectivity index (χ0) is 22.9. The molecule has 8 heteroatoms. The summed E-state index contributed by atoms with van der Waals surface area (Å²) in [5, 5.41) is 5.31. The minimum absolute atomic E-state index is 0.0893. The van der Waals surface area contributed by atoms with Crippen molar-refractivity contribution < 1.29 is 27.8 Å². The molecule has 0 heterocycles. The maximum atomic E-state index is 12.9. The summed E-state index contributed by atoms with van der Waals surface area (Å²) in [6.45, 7) is -3.06. The molecule has 3 aromatic rings. The fourth-order valence-corrected chi connectivity index (χ4v) is 2.81. The van der Waals surface area contributed by atoms with Crippen molar-refractivity contribution in [3.63, 3.8) is 0 Å². The maximum Gasteiger partial charge on any atom is 0.387 e. The molecule has 0 radical (unpaired) electrons. The highest BCUT2D eigenvalue weighted by Crippen LogP contribution is 2.30. The van der Waals surface area contributed by atoms with E-state index >= 15 is 0 Å². The molecule has 0 saturated heterocycles. The van der Waals surface area contributed by atoms with E-state index in [1.807, 2.05) is 0 Å². The normalized spacial score (nSPS) is 10.2. The highest BCUT2D eigenvalue weighted by atomic mass is 19.3. The van der Waals surface area contributed by atoms with Crippen LogP contribution in [-0.2, 0) is 9.59 Å².